The molecule has 0 radical (unpaired) electrons. The Morgan fingerprint density at radius 3 is 2.75 bits per heavy atom. The summed E-state index contributed by atoms with van der Waals surface area (Å²) in [5.74, 6) is -1.09. The van der Waals surface area contributed by atoms with Crippen molar-refractivity contribution in [3.05, 3.63) is 35.6 Å². The molecule has 2 aliphatic rings. The van der Waals surface area contributed by atoms with Gasteiger partial charge in [-0.2, -0.15) is 0 Å². The van der Waals surface area contributed by atoms with Crippen LogP contribution in [0.4, 0.5) is 4.39 Å². The van der Waals surface area contributed by atoms with E-state index >= 15 is 0 Å². The van der Waals surface area contributed by atoms with Gasteiger partial charge in [-0.3, -0.25) is 14.5 Å². The van der Waals surface area contributed by atoms with Gasteiger partial charge in [-0.05, 0) is 31.2 Å². The van der Waals surface area contributed by atoms with Gasteiger partial charge in [-0.15, -0.1) is 0 Å². The maximum Gasteiger partial charge on any atom is 0.320 e. The molecule has 130 valence electrons. The van der Waals surface area contributed by atoms with E-state index in [1.807, 2.05) is 4.90 Å². The summed E-state index contributed by atoms with van der Waals surface area (Å²) in [6, 6.07) is 5.90. The molecule has 0 unspecified atom stereocenters. The second-order valence-corrected chi connectivity index (χ2v) is 6.74. The summed E-state index contributed by atoms with van der Waals surface area (Å²) in [5, 5.41) is 12.2. The van der Waals surface area contributed by atoms with Gasteiger partial charge in [0.05, 0.1) is 6.54 Å². The zero-order valence-electron chi connectivity index (χ0n) is 13.6. The third-order valence-electron chi connectivity index (χ3n) is 5.27. The standard InChI is InChI=1S/C18H23FN2O3/c19-14-7-3-1-6-13(14)10-20-17(22)11-21-15-8-4-2-5-12(15)9-16(21)18(23)24/h1,3,6-7,12,15-16H,2,4-5,8-11H2,(H,20,22)(H,23,24)/t12-,15-,16+/m1/s1. The highest BCUT2D eigenvalue weighted by Gasteiger charge is 2.45. The van der Waals surface area contributed by atoms with Crippen LogP contribution in [0.3, 0.4) is 0 Å². The maximum atomic E-state index is 13.6. The normalized spacial score (nSPS) is 26.8. The number of nitrogens with zero attached hydrogens (tertiary/aromatic N) is 1. The lowest BCUT2D eigenvalue weighted by atomic mass is 9.85. The van der Waals surface area contributed by atoms with Crippen molar-refractivity contribution in [1.29, 1.82) is 0 Å². The van der Waals surface area contributed by atoms with Crippen LogP contribution in [0.2, 0.25) is 0 Å². The number of hydrogen-bond acceptors (Lipinski definition) is 3. The zero-order chi connectivity index (χ0) is 17.1. The fourth-order valence-electron chi connectivity index (χ4n) is 4.08. The lowest BCUT2D eigenvalue weighted by Gasteiger charge is -2.32. The number of rotatable bonds is 5. The lowest BCUT2D eigenvalue weighted by Crippen LogP contribution is -2.47. The molecule has 2 N–H and O–H groups in total. The van der Waals surface area contributed by atoms with Crippen molar-refractivity contribution in [1.82, 2.24) is 10.2 Å². The van der Waals surface area contributed by atoms with Gasteiger partial charge >= 0.3 is 5.97 Å². The molecule has 24 heavy (non-hydrogen) atoms. The van der Waals surface area contributed by atoms with E-state index in [4.69, 9.17) is 0 Å². The fraction of sp³-hybridized carbons (Fsp3) is 0.556. The number of carboxylic acids is 1. The number of likely N-dealkylation sites (tertiary alicyclic amines) is 1. The molecule has 1 heterocycles. The summed E-state index contributed by atoms with van der Waals surface area (Å²) < 4.78 is 13.6. The number of amides is 1. The molecule has 0 aromatic heterocycles. The number of aliphatic carboxylic acids is 1. The minimum atomic E-state index is -0.855. The molecule has 1 amide bonds. The van der Waals surface area contributed by atoms with Crippen LogP contribution in [-0.2, 0) is 16.1 Å². The van der Waals surface area contributed by atoms with Crippen LogP contribution >= 0.6 is 0 Å². The van der Waals surface area contributed by atoms with Crippen molar-refractivity contribution in [2.24, 2.45) is 5.92 Å². The Bertz CT molecular complexity index is 622. The minimum absolute atomic E-state index is 0.0621. The van der Waals surface area contributed by atoms with E-state index in [2.05, 4.69) is 5.32 Å². The minimum Gasteiger partial charge on any atom is -0.480 e. The first-order chi connectivity index (χ1) is 11.6. The molecule has 1 aromatic rings. The summed E-state index contributed by atoms with van der Waals surface area (Å²) in [6.45, 7) is 0.178. The van der Waals surface area contributed by atoms with Gasteiger partial charge in [0.2, 0.25) is 5.91 Å². The van der Waals surface area contributed by atoms with Crippen LogP contribution in [0.1, 0.15) is 37.7 Å². The molecule has 3 rings (SSSR count). The number of carbonyl (C=O) groups excluding carboxylic acids is 1. The largest absolute Gasteiger partial charge is 0.480 e. The lowest BCUT2D eigenvalue weighted by molar-refractivity contribution is -0.143. The summed E-state index contributed by atoms with van der Waals surface area (Å²) in [6.07, 6.45) is 4.85. The van der Waals surface area contributed by atoms with Crippen LogP contribution in [0.5, 0.6) is 0 Å². The Kier molecular flexibility index (Phi) is 5.14. The van der Waals surface area contributed by atoms with Crippen molar-refractivity contribution < 1.29 is 19.1 Å². The van der Waals surface area contributed by atoms with Crippen molar-refractivity contribution in [2.45, 2.75) is 50.7 Å². The number of hydrogen-bond donors (Lipinski definition) is 2. The molecular weight excluding hydrogens is 311 g/mol. The van der Waals surface area contributed by atoms with E-state index in [0.29, 0.717) is 17.9 Å². The van der Waals surface area contributed by atoms with Crippen molar-refractivity contribution in [3.63, 3.8) is 0 Å². The Labute approximate surface area is 140 Å². The molecule has 0 bridgehead atoms. The van der Waals surface area contributed by atoms with Crippen LogP contribution in [0, 0.1) is 11.7 Å². The van der Waals surface area contributed by atoms with E-state index < -0.39 is 12.0 Å². The molecule has 2 fully saturated rings. The molecule has 1 saturated carbocycles. The smallest absolute Gasteiger partial charge is 0.320 e. The van der Waals surface area contributed by atoms with E-state index in [0.717, 1.165) is 25.7 Å². The first kappa shape index (κ1) is 16.9. The summed E-state index contributed by atoms with van der Waals surface area (Å²) in [4.78, 5) is 25.6. The predicted molar refractivity (Wildman–Crippen MR) is 86.7 cm³/mol. The average Bonchev–Trinajstić information content (AvgIpc) is 2.93. The highest BCUT2D eigenvalue weighted by atomic mass is 19.1. The van der Waals surface area contributed by atoms with Crippen LogP contribution < -0.4 is 5.32 Å². The van der Waals surface area contributed by atoms with E-state index in [9.17, 15) is 19.1 Å². The van der Waals surface area contributed by atoms with E-state index in [1.165, 1.54) is 6.07 Å². The summed E-state index contributed by atoms with van der Waals surface area (Å²) >= 11 is 0. The summed E-state index contributed by atoms with van der Waals surface area (Å²) in [7, 11) is 0. The molecule has 1 aliphatic carbocycles. The zero-order valence-corrected chi connectivity index (χ0v) is 13.6. The Hall–Kier alpha value is -1.95. The fourth-order valence-corrected chi connectivity index (χ4v) is 4.08. The Balaban J connectivity index is 1.61. The summed E-state index contributed by atoms with van der Waals surface area (Å²) in [5.41, 5.74) is 0.428. The number of halogens is 1. The first-order valence-electron chi connectivity index (χ1n) is 8.55. The van der Waals surface area contributed by atoms with Gasteiger partial charge in [0.1, 0.15) is 11.9 Å². The van der Waals surface area contributed by atoms with Gasteiger partial charge in [-0.25, -0.2) is 4.39 Å². The van der Waals surface area contributed by atoms with Crippen LogP contribution in [0.15, 0.2) is 24.3 Å². The quantitative estimate of drug-likeness (QED) is 0.866. The molecule has 1 saturated heterocycles. The topological polar surface area (TPSA) is 69.6 Å². The Morgan fingerprint density at radius 1 is 1.25 bits per heavy atom. The highest BCUT2D eigenvalue weighted by Crippen LogP contribution is 2.39. The first-order valence-corrected chi connectivity index (χ1v) is 8.55. The molecule has 1 aromatic carbocycles. The SMILES string of the molecule is O=C(CN1[C@@H]2CCCC[C@@H]2C[C@H]1C(=O)O)NCc1ccccc1F. The van der Waals surface area contributed by atoms with Gasteiger partial charge < -0.3 is 10.4 Å². The number of carbonyl (C=O) groups is 2. The third-order valence-corrected chi connectivity index (χ3v) is 5.27. The molecule has 6 heteroatoms. The van der Waals surface area contributed by atoms with Crippen molar-refractivity contribution in [2.75, 3.05) is 6.54 Å². The van der Waals surface area contributed by atoms with Gasteiger partial charge in [-0.1, -0.05) is 31.0 Å². The maximum absolute atomic E-state index is 13.6. The van der Waals surface area contributed by atoms with E-state index in [-0.39, 0.29) is 30.9 Å². The number of carboxylic acid groups (broad SMARTS) is 1. The average molecular weight is 334 g/mol. The van der Waals surface area contributed by atoms with Crippen molar-refractivity contribution >= 4 is 11.9 Å². The molecule has 0 spiro atoms. The third kappa shape index (κ3) is 3.59. The number of fused-ring (bicyclic) bond motifs is 1. The number of benzene rings is 1. The predicted octanol–water partition coefficient (Wildman–Crippen LogP) is 2.16. The molecule has 3 atom stereocenters. The van der Waals surface area contributed by atoms with Gasteiger partial charge in [0.25, 0.3) is 0 Å². The monoisotopic (exact) mass is 334 g/mol. The van der Waals surface area contributed by atoms with E-state index in [1.54, 1.807) is 18.2 Å². The Morgan fingerprint density at radius 2 is 2.00 bits per heavy atom. The number of nitrogens with one attached hydrogen (secondary N) is 1. The van der Waals surface area contributed by atoms with Gasteiger partial charge in [0.15, 0.2) is 0 Å². The highest BCUT2D eigenvalue weighted by molar-refractivity contribution is 5.80. The molecular formula is C18H23FN2O3. The van der Waals surface area contributed by atoms with Gasteiger partial charge in [0, 0.05) is 18.2 Å². The van der Waals surface area contributed by atoms with Crippen LogP contribution in [-0.4, -0.2) is 40.5 Å². The second kappa shape index (κ2) is 7.30. The van der Waals surface area contributed by atoms with Crippen LogP contribution in [0.25, 0.3) is 0 Å². The van der Waals surface area contributed by atoms with Crippen molar-refractivity contribution in [3.8, 4) is 0 Å². The molecule has 5 nitrogen and oxygen atoms in total. The second-order valence-electron chi connectivity index (χ2n) is 6.74. The molecule has 1 aliphatic heterocycles.